The lowest BCUT2D eigenvalue weighted by Gasteiger charge is -2.14. The largest absolute Gasteiger partial charge is 0.497 e. The summed E-state index contributed by atoms with van der Waals surface area (Å²) in [6, 6.07) is 20.7. The van der Waals surface area contributed by atoms with E-state index in [2.05, 4.69) is 35.1 Å². The number of hydrogen-bond donors (Lipinski definition) is 3. The number of H-pyrrole nitrogens is 2. The normalized spacial score (nSPS) is 11.7. The molecule has 3 N–H and O–H groups in total. The summed E-state index contributed by atoms with van der Waals surface area (Å²) in [6.07, 6.45) is 5.96. The lowest BCUT2D eigenvalue weighted by atomic mass is 10.0. The lowest BCUT2D eigenvalue weighted by Crippen LogP contribution is -2.33. The fourth-order valence-electron chi connectivity index (χ4n) is 4.99. The smallest absolute Gasteiger partial charge is 0.335 e. The molecule has 8 nitrogen and oxygen atoms in total. The summed E-state index contributed by atoms with van der Waals surface area (Å²) in [5, 5.41) is 12.5. The summed E-state index contributed by atoms with van der Waals surface area (Å²) in [5.41, 5.74) is 4.40. The van der Waals surface area contributed by atoms with Crippen LogP contribution in [0.2, 0.25) is 0 Å². The number of rotatable bonds is 10. The number of aromatic amines is 2. The Balaban J connectivity index is 1.56. The molecule has 5 aromatic rings. The van der Waals surface area contributed by atoms with Gasteiger partial charge in [-0.2, -0.15) is 0 Å². The first-order valence-corrected chi connectivity index (χ1v) is 13.8. The Bertz CT molecular complexity index is 1810. The van der Waals surface area contributed by atoms with E-state index in [9.17, 15) is 14.7 Å². The second kappa shape index (κ2) is 12.1. The molecule has 0 amide bonds. The fraction of sp³-hybridized carbons (Fsp3) is 0.242. The molecule has 0 saturated carbocycles. The number of aromatic hydroxyl groups is 1. The van der Waals surface area contributed by atoms with Gasteiger partial charge in [-0.15, -0.1) is 0 Å². The van der Waals surface area contributed by atoms with Gasteiger partial charge in [0.05, 0.1) is 18.5 Å². The van der Waals surface area contributed by atoms with Gasteiger partial charge in [-0.1, -0.05) is 49.2 Å². The number of nitrogens with zero attached hydrogens (tertiary/aromatic N) is 2. The maximum atomic E-state index is 13.2. The summed E-state index contributed by atoms with van der Waals surface area (Å²) in [5.74, 6) is 0.124. The predicted molar refractivity (Wildman–Crippen MR) is 163 cm³/mol. The van der Waals surface area contributed by atoms with E-state index in [-0.39, 0.29) is 5.56 Å². The highest BCUT2D eigenvalue weighted by molar-refractivity contribution is 6.14. The Morgan fingerprint density at radius 3 is 2.46 bits per heavy atom. The molecule has 41 heavy (non-hydrogen) atoms. The average molecular weight is 551 g/mol. The number of unbranched alkanes of at least 4 members (excludes halogenated alkanes) is 1. The Labute approximate surface area is 238 Å². The molecule has 0 radical (unpaired) electrons. The average Bonchev–Trinajstić information content (AvgIpc) is 3.38. The highest BCUT2D eigenvalue weighted by Crippen LogP contribution is 2.24. The van der Waals surface area contributed by atoms with Gasteiger partial charge in [0.25, 0.3) is 5.56 Å². The van der Waals surface area contributed by atoms with Crippen LogP contribution in [-0.2, 0) is 12.8 Å². The first kappa shape index (κ1) is 27.7. The van der Waals surface area contributed by atoms with Gasteiger partial charge in [0.1, 0.15) is 11.3 Å². The van der Waals surface area contributed by atoms with E-state index < -0.39 is 17.1 Å². The van der Waals surface area contributed by atoms with Crippen molar-refractivity contribution < 1.29 is 9.84 Å². The first-order valence-electron chi connectivity index (χ1n) is 13.8. The van der Waals surface area contributed by atoms with Gasteiger partial charge in [0.2, 0.25) is 5.88 Å². The molecule has 0 fully saturated rings. The van der Waals surface area contributed by atoms with Crippen LogP contribution in [0.15, 0.2) is 87.5 Å². The maximum absolute atomic E-state index is 13.2. The van der Waals surface area contributed by atoms with Gasteiger partial charge in [-0.25, -0.2) is 9.36 Å². The highest BCUT2D eigenvalue weighted by Gasteiger charge is 2.22. The maximum Gasteiger partial charge on any atom is 0.335 e. The van der Waals surface area contributed by atoms with Crippen molar-refractivity contribution in [1.82, 2.24) is 14.5 Å². The Morgan fingerprint density at radius 2 is 1.76 bits per heavy atom. The summed E-state index contributed by atoms with van der Waals surface area (Å²) in [7, 11) is 1.54. The van der Waals surface area contributed by atoms with E-state index in [0.29, 0.717) is 35.7 Å². The van der Waals surface area contributed by atoms with Gasteiger partial charge < -0.3 is 14.8 Å². The summed E-state index contributed by atoms with van der Waals surface area (Å²) in [6.45, 7) is 4.53. The van der Waals surface area contributed by atoms with Crippen molar-refractivity contribution in [3.63, 3.8) is 0 Å². The summed E-state index contributed by atoms with van der Waals surface area (Å²) < 4.78 is 6.28. The number of aryl methyl sites for hydroxylation is 2. The van der Waals surface area contributed by atoms with Crippen LogP contribution in [0.1, 0.15) is 47.6 Å². The molecule has 5 rings (SSSR count). The second-order valence-electron chi connectivity index (χ2n) is 10.1. The molecule has 0 spiro atoms. The lowest BCUT2D eigenvalue weighted by molar-refractivity contribution is 0.414. The van der Waals surface area contributed by atoms with Crippen LogP contribution < -0.4 is 16.0 Å². The molecular formula is C33H34N4O4. The Kier molecular flexibility index (Phi) is 8.19. The van der Waals surface area contributed by atoms with E-state index in [1.54, 1.807) is 31.4 Å². The van der Waals surface area contributed by atoms with Gasteiger partial charge in [-0.05, 0) is 73.7 Å². The molecule has 0 aliphatic rings. The molecule has 0 bridgehead atoms. The number of hydrogen-bond acceptors (Lipinski definition) is 5. The molecule has 0 aliphatic carbocycles. The molecule has 0 aliphatic heterocycles. The molecular weight excluding hydrogens is 516 g/mol. The minimum absolute atomic E-state index is 0.0648. The van der Waals surface area contributed by atoms with Crippen LogP contribution in [0.3, 0.4) is 0 Å². The van der Waals surface area contributed by atoms with Gasteiger partial charge in [-0.3, -0.25) is 14.8 Å². The van der Waals surface area contributed by atoms with Crippen molar-refractivity contribution in [3.05, 3.63) is 122 Å². The predicted octanol–water partition coefficient (Wildman–Crippen LogP) is 5.45. The highest BCUT2D eigenvalue weighted by atomic mass is 16.5. The number of aromatic nitrogens is 3. The monoisotopic (exact) mass is 550 g/mol. The van der Waals surface area contributed by atoms with Crippen LogP contribution in [0.25, 0.3) is 16.6 Å². The number of ether oxygens (including phenoxy) is 1. The van der Waals surface area contributed by atoms with E-state index in [1.165, 1.54) is 10.9 Å². The van der Waals surface area contributed by atoms with Crippen molar-refractivity contribution in [1.29, 1.82) is 0 Å². The molecule has 0 saturated heterocycles. The van der Waals surface area contributed by atoms with Crippen LogP contribution in [-0.4, -0.2) is 39.0 Å². The minimum Gasteiger partial charge on any atom is -0.497 e. The molecule has 0 unspecified atom stereocenters. The quantitative estimate of drug-likeness (QED) is 0.201. The second-order valence-corrected chi connectivity index (χ2v) is 10.1. The van der Waals surface area contributed by atoms with E-state index in [4.69, 9.17) is 9.73 Å². The van der Waals surface area contributed by atoms with Gasteiger partial charge in [0, 0.05) is 29.2 Å². The number of benzene rings is 3. The standard InChI is InChI=1S/C33H34N4O4/c1-4-5-6-22-9-16-28-27(19-22)24(20-35-28)17-18-34-30(23-10-7-21(2)8-11-23)29-31(38)36-33(40)37(32(29)39)25-12-14-26(41-3)15-13-25/h7-16,19-20,35,39H,4-6,17-18H2,1-3H3,(H,36,38,40). The molecule has 3 aromatic carbocycles. The third-order valence-corrected chi connectivity index (χ3v) is 7.28. The number of fused-ring (bicyclic) bond motifs is 1. The van der Waals surface area contributed by atoms with Crippen molar-refractivity contribution in [2.24, 2.45) is 4.99 Å². The summed E-state index contributed by atoms with van der Waals surface area (Å²) >= 11 is 0. The SMILES string of the molecule is CCCCc1ccc2[nH]cc(CCN=C(c3ccc(C)cc3)c3c(O)n(-c4ccc(OC)cc4)c(=O)[nH]c3=O)c2c1. The zero-order valence-electron chi connectivity index (χ0n) is 23.5. The van der Waals surface area contributed by atoms with E-state index >= 15 is 0 Å². The van der Waals surface area contributed by atoms with Crippen molar-refractivity contribution in [2.45, 2.75) is 39.5 Å². The number of methoxy groups -OCH3 is 1. The molecule has 2 heterocycles. The van der Waals surface area contributed by atoms with E-state index in [1.807, 2.05) is 37.4 Å². The van der Waals surface area contributed by atoms with Crippen molar-refractivity contribution in [3.8, 4) is 17.3 Å². The number of nitrogens with one attached hydrogen (secondary N) is 2. The molecule has 210 valence electrons. The third-order valence-electron chi connectivity index (χ3n) is 7.28. The third kappa shape index (κ3) is 5.87. The van der Waals surface area contributed by atoms with Crippen LogP contribution in [0, 0.1) is 6.92 Å². The number of aliphatic imine (C=N–C) groups is 1. The fourth-order valence-corrected chi connectivity index (χ4v) is 4.99. The van der Waals surface area contributed by atoms with Crippen LogP contribution >= 0.6 is 0 Å². The topological polar surface area (TPSA) is 112 Å². The van der Waals surface area contributed by atoms with Gasteiger partial charge in [0.15, 0.2) is 0 Å². The zero-order valence-corrected chi connectivity index (χ0v) is 23.5. The summed E-state index contributed by atoms with van der Waals surface area (Å²) in [4.78, 5) is 36.6. The van der Waals surface area contributed by atoms with Gasteiger partial charge >= 0.3 is 5.69 Å². The molecule has 8 heteroatoms. The van der Waals surface area contributed by atoms with Crippen LogP contribution in [0.4, 0.5) is 0 Å². The molecule has 2 aromatic heterocycles. The Morgan fingerprint density at radius 1 is 1.00 bits per heavy atom. The minimum atomic E-state index is -0.748. The molecule has 0 atom stereocenters. The van der Waals surface area contributed by atoms with Crippen molar-refractivity contribution >= 4 is 16.6 Å². The van der Waals surface area contributed by atoms with E-state index in [0.717, 1.165) is 40.5 Å². The zero-order chi connectivity index (χ0) is 28.9. The van der Waals surface area contributed by atoms with Crippen molar-refractivity contribution in [2.75, 3.05) is 13.7 Å². The first-order chi connectivity index (χ1) is 19.9. The Hall–Kier alpha value is -4.85. The van der Waals surface area contributed by atoms with Crippen LogP contribution in [0.5, 0.6) is 11.6 Å².